The van der Waals surface area contributed by atoms with Crippen LogP contribution < -0.4 is 0 Å². The summed E-state index contributed by atoms with van der Waals surface area (Å²) in [5.41, 5.74) is 0. The largest absolute Gasteiger partial charge is 0.352 e. The second-order valence-electron chi connectivity index (χ2n) is 10.5. The second kappa shape index (κ2) is 32.4. The van der Waals surface area contributed by atoms with E-state index in [2.05, 4.69) is 6.92 Å². The van der Waals surface area contributed by atoms with Gasteiger partial charge in [0.1, 0.15) is 0 Å². The van der Waals surface area contributed by atoms with E-state index in [4.69, 9.17) is 9.42 Å². The van der Waals surface area contributed by atoms with Crippen LogP contribution in [0.5, 0.6) is 0 Å². The van der Waals surface area contributed by atoms with Gasteiger partial charge in [-0.25, -0.2) is 0 Å². The van der Waals surface area contributed by atoms with Crippen molar-refractivity contribution in [2.75, 3.05) is 6.61 Å². The Morgan fingerprint density at radius 1 is 0.364 bits per heavy atom. The summed E-state index contributed by atoms with van der Waals surface area (Å²) in [6.07, 6.45) is 40.1. The molecule has 0 aliphatic heterocycles. The fraction of sp³-hybridized carbons (Fsp3) is 1.00. The van der Waals surface area contributed by atoms with Gasteiger partial charge in [0.15, 0.2) is 9.03 Å². The molecule has 0 aromatic heterocycles. The summed E-state index contributed by atoms with van der Waals surface area (Å²) >= 11 is 0. The molecule has 0 heterocycles. The average molecular weight is 487 g/mol. The Kier molecular flexibility index (Phi) is 32.7. The lowest BCUT2D eigenvalue weighted by Gasteiger charge is -2.04. The first-order valence-corrected chi connectivity index (χ1v) is 16.3. The molecule has 33 heavy (non-hydrogen) atoms. The molecule has 200 valence electrons. The van der Waals surface area contributed by atoms with Gasteiger partial charge in [-0.3, -0.25) is 0 Å². The average Bonchev–Trinajstić information content (AvgIpc) is 2.83. The summed E-state index contributed by atoms with van der Waals surface area (Å²) < 4.78 is 4.98. The molecule has 0 radical (unpaired) electrons. The first kappa shape index (κ1) is 33.4. The molecule has 0 aromatic carbocycles. The Balaban J connectivity index is 2.99. The van der Waals surface area contributed by atoms with Crippen molar-refractivity contribution >= 4 is 9.03 Å². The third-order valence-corrected chi connectivity index (χ3v) is 7.50. The maximum absolute atomic E-state index is 8.57. The van der Waals surface area contributed by atoms with E-state index in [0.29, 0.717) is 0 Å². The van der Waals surface area contributed by atoms with Crippen molar-refractivity contribution in [2.45, 2.75) is 187 Å². The van der Waals surface area contributed by atoms with Gasteiger partial charge in [0.2, 0.25) is 0 Å². The second-order valence-corrected chi connectivity index (χ2v) is 11.0. The molecule has 0 rings (SSSR count). The zero-order valence-electron chi connectivity index (χ0n) is 22.9. The van der Waals surface area contributed by atoms with Crippen molar-refractivity contribution in [3.63, 3.8) is 0 Å². The van der Waals surface area contributed by atoms with Crippen molar-refractivity contribution < 1.29 is 9.42 Å². The van der Waals surface area contributed by atoms with Crippen molar-refractivity contribution in [1.82, 2.24) is 0 Å². The van der Waals surface area contributed by atoms with Gasteiger partial charge in [0, 0.05) is 0 Å². The zero-order chi connectivity index (χ0) is 23.9. The Bertz CT molecular complexity index is 294. The molecule has 0 saturated carbocycles. The van der Waals surface area contributed by atoms with Crippen molar-refractivity contribution in [3.05, 3.63) is 0 Å². The highest BCUT2D eigenvalue weighted by atomic mass is 31.1. The number of rotatable bonds is 30. The van der Waals surface area contributed by atoms with Gasteiger partial charge >= 0.3 is 0 Å². The van der Waals surface area contributed by atoms with Crippen LogP contribution in [0.1, 0.15) is 187 Å². The van der Waals surface area contributed by atoms with Gasteiger partial charge in [-0.2, -0.15) is 0 Å². The van der Waals surface area contributed by atoms with E-state index in [-0.39, 0.29) is 9.03 Å². The van der Waals surface area contributed by atoms with Crippen LogP contribution >= 0.6 is 9.03 Å². The number of unbranched alkanes of at least 4 members (excludes halogenated alkanes) is 27. The van der Waals surface area contributed by atoms with Crippen molar-refractivity contribution in [3.8, 4) is 0 Å². The van der Waals surface area contributed by atoms with E-state index in [0.717, 1.165) is 13.0 Å². The van der Waals surface area contributed by atoms with Crippen LogP contribution in [-0.2, 0) is 4.52 Å². The van der Waals surface area contributed by atoms with Crippen molar-refractivity contribution in [1.29, 1.82) is 0 Å². The SMILES string of the molecule is CCCCCCCCCCCCCCCCCCCCCCCCCCCCCCOPO. The summed E-state index contributed by atoms with van der Waals surface area (Å²) in [4.78, 5) is 8.57. The Morgan fingerprint density at radius 3 is 0.788 bits per heavy atom. The van der Waals surface area contributed by atoms with Gasteiger partial charge in [0.05, 0.1) is 6.61 Å². The molecule has 0 aliphatic carbocycles. The molecule has 1 atom stereocenters. The summed E-state index contributed by atoms with van der Waals surface area (Å²) in [6.45, 7) is 3.03. The predicted octanol–water partition coefficient (Wildman–Crippen LogP) is 11.4. The van der Waals surface area contributed by atoms with Crippen LogP contribution in [0.3, 0.4) is 0 Å². The molecule has 1 N–H and O–H groups in total. The summed E-state index contributed by atoms with van der Waals surface area (Å²) in [5, 5.41) is 0. The lowest BCUT2D eigenvalue weighted by Crippen LogP contribution is -1.86. The minimum absolute atomic E-state index is 0.333. The predicted molar refractivity (Wildman–Crippen MR) is 151 cm³/mol. The molecular weight excluding hydrogens is 423 g/mol. The third kappa shape index (κ3) is 32.4. The summed E-state index contributed by atoms with van der Waals surface area (Å²) in [5.74, 6) is 0. The minimum atomic E-state index is -0.333. The molecule has 1 unspecified atom stereocenters. The molecule has 3 heteroatoms. The van der Waals surface area contributed by atoms with Crippen molar-refractivity contribution in [2.24, 2.45) is 0 Å². The first-order valence-electron chi connectivity index (χ1n) is 15.4. The maximum Gasteiger partial charge on any atom is 0.152 e. The molecule has 0 bridgehead atoms. The molecular formula is C30H63O2P. The topological polar surface area (TPSA) is 29.5 Å². The first-order chi connectivity index (χ1) is 16.4. The van der Waals surface area contributed by atoms with Crippen LogP contribution in [-0.4, -0.2) is 11.5 Å². The molecule has 0 amide bonds. The van der Waals surface area contributed by atoms with Crippen LogP contribution in [0.25, 0.3) is 0 Å². The Labute approximate surface area is 211 Å². The van der Waals surface area contributed by atoms with E-state index in [1.165, 1.54) is 173 Å². The molecule has 0 spiro atoms. The quantitative estimate of drug-likeness (QED) is 0.0807. The highest BCUT2D eigenvalue weighted by molar-refractivity contribution is 7.24. The lowest BCUT2D eigenvalue weighted by atomic mass is 10.0. The van der Waals surface area contributed by atoms with Gasteiger partial charge in [-0.15, -0.1) is 0 Å². The monoisotopic (exact) mass is 486 g/mol. The molecule has 0 aliphatic rings. The van der Waals surface area contributed by atoms with E-state index in [1.54, 1.807) is 0 Å². The molecule has 0 aromatic rings. The van der Waals surface area contributed by atoms with E-state index >= 15 is 0 Å². The number of hydrogen-bond acceptors (Lipinski definition) is 2. The maximum atomic E-state index is 8.57. The highest BCUT2D eigenvalue weighted by Crippen LogP contribution is 2.16. The molecule has 0 saturated heterocycles. The van der Waals surface area contributed by atoms with E-state index in [1.807, 2.05) is 0 Å². The van der Waals surface area contributed by atoms with Crippen LogP contribution in [0.2, 0.25) is 0 Å². The highest BCUT2D eigenvalue weighted by Gasteiger charge is 1.96. The van der Waals surface area contributed by atoms with E-state index < -0.39 is 0 Å². The van der Waals surface area contributed by atoms with Crippen LogP contribution in [0.4, 0.5) is 0 Å². The van der Waals surface area contributed by atoms with Crippen LogP contribution in [0, 0.1) is 0 Å². The van der Waals surface area contributed by atoms with Gasteiger partial charge in [0.25, 0.3) is 0 Å². The van der Waals surface area contributed by atoms with Gasteiger partial charge in [-0.05, 0) is 6.42 Å². The molecule has 2 nitrogen and oxygen atoms in total. The smallest absolute Gasteiger partial charge is 0.152 e. The zero-order valence-corrected chi connectivity index (χ0v) is 23.9. The standard InChI is InChI=1S/C30H63O2P/c1-2-3-4-5-6-7-8-9-10-11-12-13-14-15-16-17-18-19-20-21-22-23-24-25-26-27-28-29-30-32-33-31/h31,33H,2-30H2,1H3. The van der Waals surface area contributed by atoms with Gasteiger partial charge in [-0.1, -0.05) is 180 Å². The lowest BCUT2D eigenvalue weighted by molar-refractivity contribution is 0.313. The normalized spacial score (nSPS) is 11.8. The minimum Gasteiger partial charge on any atom is -0.352 e. The summed E-state index contributed by atoms with van der Waals surface area (Å²) in [7, 11) is -0.333. The fourth-order valence-electron chi connectivity index (χ4n) is 4.89. The molecule has 0 fully saturated rings. The van der Waals surface area contributed by atoms with E-state index in [9.17, 15) is 0 Å². The van der Waals surface area contributed by atoms with Gasteiger partial charge < -0.3 is 9.42 Å². The summed E-state index contributed by atoms with van der Waals surface area (Å²) in [6, 6.07) is 0. The Morgan fingerprint density at radius 2 is 0.576 bits per heavy atom. The number of hydrogen-bond donors (Lipinski definition) is 1. The Hall–Kier alpha value is 0.350. The fourth-order valence-corrected chi connectivity index (χ4v) is 5.12. The third-order valence-electron chi connectivity index (χ3n) is 7.16. The van der Waals surface area contributed by atoms with Crippen LogP contribution in [0.15, 0.2) is 0 Å².